The lowest BCUT2D eigenvalue weighted by Crippen LogP contribution is -2.37. The first-order valence-electron chi connectivity index (χ1n) is 12.9. The van der Waals surface area contributed by atoms with Crippen LogP contribution in [0.3, 0.4) is 0 Å². The van der Waals surface area contributed by atoms with Crippen LogP contribution in [0.5, 0.6) is 0 Å². The molecule has 1 aromatic carbocycles. The molecule has 0 nitrogen and oxygen atoms in total. The molecule has 0 radical (unpaired) electrons. The lowest BCUT2D eigenvalue weighted by atomic mass is 9.77. The Balaban J connectivity index is 1.61. The lowest BCUT2D eigenvalue weighted by molar-refractivity contribution is 0.254. The first-order valence-corrected chi connectivity index (χ1v) is 17.1. The van der Waals surface area contributed by atoms with Crippen LogP contribution in [0.1, 0.15) is 79.1 Å². The zero-order valence-electron chi connectivity index (χ0n) is 19.9. The summed E-state index contributed by atoms with van der Waals surface area (Å²) in [5, 5.41) is 3.44. The molecular weight excluding hydrogens is 398 g/mol. The van der Waals surface area contributed by atoms with Crippen molar-refractivity contribution in [2.45, 2.75) is 102 Å². The fourth-order valence-electron chi connectivity index (χ4n) is 8.93. The van der Waals surface area contributed by atoms with Crippen LogP contribution in [0, 0.1) is 37.0 Å². The third-order valence-electron chi connectivity index (χ3n) is 10.9. The standard InChI is InChI=1S/C28H44P2/c1-19-23-13-7-8-14-24(23)20(2)29(19,5)27-17-11-12-18-28(27)30(6)21(3)25-15-9-10-16-26(25)22(30)4/h11-12,17-26H,5-10,13-16H2,1-4H3/t19-,20-,21-,22-,23-,24-,25-,26-/m1/s1. The SMILES string of the molecule is [CH2-][P+]1(c2ccccc2[P+]2([CH2-])[C@H](C)[C@H]3CCCC[C@@H]3[C@H]2C)[C@H](C)[C@H]2CCCC[C@@H]2[C@H]1C. The van der Waals surface area contributed by atoms with Crippen molar-refractivity contribution in [2.75, 3.05) is 0 Å². The van der Waals surface area contributed by atoms with E-state index in [2.05, 4.69) is 52.0 Å². The molecule has 166 valence electrons. The summed E-state index contributed by atoms with van der Waals surface area (Å²) in [4.78, 5) is 0. The average molecular weight is 443 g/mol. The van der Waals surface area contributed by atoms with Gasteiger partial charge < -0.3 is 0 Å². The summed E-state index contributed by atoms with van der Waals surface area (Å²) in [6.45, 7) is 20.8. The zero-order chi connectivity index (χ0) is 21.3. The van der Waals surface area contributed by atoms with E-state index in [1.807, 2.05) is 0 Å². The molecule has 2 heteroatoms. The number of fused-ring (bicyclic) bond motifs is 2. The van der Waals surface area contributed by atoms with Gasteiger partial charge in [0.1, 0.15) is 10.6 Å². The average Bonchev–Trinajstić information content (AvgIpc) is 3.11. The van der Waals surface area contributed by atoms with Crippen molar-refractivity contribution in [3.63, 3.8) is 0 Å². The van der Waals surface area contributed by atoms with Gasteiger partial charge in [-0.05, 0) is 89.2 Å². The van der Waals surface area contributed by atoms with E-state index in [0.29, 0.717) is 0 Å². The second kappa shape index (κ2) is 7.84. The molecule has 2 saturated carbocycles. The first kappa shape index (κ1) is 21.9. The molecule has 2 aliphatic carbocycles. The molecule has 2 aliphatic heterocycles. The van der Waals surface area contributed by atoms with E-state index >= 15 is 0 Å². The molecule has 5 rings (SSSR count). The van der Waals surface area contributed by atoms with Gasteiger partial charge in [0.2, 0.25) is 0 Å². The minimum absolute atomic E-state index is 0.793. The van der Waals surface area contributed by atoms with Crippen molar-refractivity contribution < 1.29 is 0 Å². The molecule has 4 fully saturated rings. The lowest BCUT2D eigenvalue weighted by Gasteiger charge is -2.42. The van der Waals surface area contributed by atoms with Crippen molar-refractivity contribution in [1.82, 2.24) is 0 Å². The predicted octanol–water partition coefficient (Wildman–Crippen LogP) is 7.75. The largest absolute Gasteiger partial charge is 0.174 e. The van der Waals surface area contributed by atoms with Gasteiger partial charge in [0.15, 0.2) is 0 Å². The van der Waals surface area contributed by atoms with Crippen molar-refractivity contribution >= 4 is 25.1 Å². The summed E-state index contributed by atoms with van der Waals surface area (Å²) in [6, 6.07) is 9.74. The van der Waals surface area contributed by atoms with Gasteiger partial charge in [-0.2, -0.15) is 13.3 Å². The molecule has 0 amide bonds. The Morgan fingerprint density at radius 2 is 0.833 bits per heavy atom. The second-order valence-electron chi connectivity index (χ2n) is 11.5. The van der Waals surface area contributed by atoms with Crippen molar-refractivity contribution in [3.05, 3.63) is 37.6 Å². The van der Waals surface area contributed by atoms with Crippen LogP contribution in [0.25, 0.3) is 0 Å². The Morgan fingerprint density at radius 3 is 1.10 bits per heavy atom. The maximum atomic E-state index is 5.23. The third-order valence-corrected chi connectivity index (χ3v) is 21.0. The molecule has 30 heavy (non-hydrogen) atoms. The predicted molar refractivity (Wildman–Crippen MR) is 139 cm³/mol. The Bertz CT molecular complexity index is 684. The molecule has 0 unspecified atom stereocenters. The van der Waals surface area contributed by atoms with Crippen LogP contribution < -0.4 is 10.6 Å². The van der Waals surface area contributed by atoms with E-state index in [-0.39, 0.29) is 0 Å². The number of hydrogen-bond donors (Lipinski definition) is 0. The molecule has 4 aliphatic rings. The van der Waals surface area contributed by atoms with E-state index in [0.717, 1.165) is 46.3 Å². The van der Waals surface area contributed by atoms with Gasteiger partial charge in [-0.15, -0.1) is 0 Å². The van der Waals surface area contributed by atoms with Gasteiger partial charge in [0.25, 0.3) is 0 Å². The molecule has 0 bridgehead atoms. The van der Waals surface area contributed by atoms with E-state index in [1.54, 1.807) is 10.6 Å². The van der Waals surface area contributed by atoms with Gasteiger partial charge >= 0.3 is 0 Å². The van der Waals surface area contributed by atoms with Gasteiger partial charge in [0, 0.05) is 22.6 Å². The highest BCUT2D eigenvalue weighted by Crippen LogP contribution is 2.80. The van der Waals surface area contributed by atoms with Crippen molar-refractivity contribution in [2.24, 2.45) is 23.7 Å². The molecule has 8 atom stereocenters. The summed E-state index contributed by atoms with van der Waals surface area (Å²) in [5.74, 6) is 3.70. The molecular formula is C28H44P2. The highest BCUT2D eigenvalue weighted by molar-refractivity contribution is 7.91. The Labute approximate surface area is 188 Å². The Morgan fingerprint density at radius 1 is 0.567 bits per heavy atom. The highest BCUT2D eigenvalue weighted by atomic mass is 31.2. The number of hydrogen-bond acceptors (Lipinski definition) is 0. The molecule has 2 heterocycles. The quantitative estimate of drug-likeness (QED) is 0.324. The van der Waals surface area contributed by atoms with Gasteiger partial charge in [-0.1, -0.05) is 52.3 Å². The summed E-state index contributed by atoms with van der Waals surface area (Å²) >= 11 is 0. The number of benzene rings is 1. The summed E-state index contributed by atoms with van der Waals surface area (Å²) < 4.78 is 0. The van der Waals surface area contributed by atoms with Crippen LogP contribution >= 0.6 is 14.5 Å². The molecule has 0 N–H and O–H groups in total. The fourth-order valence-corrected chi connectivity index (χ4v) is 19.2. The molecule has 0 spiro atoms. The van der Waals surface area contributed by atoms with Crippen LogP contribution in [0.4, 0.5) is 0 Å². The second-order valence-corrected chi connectivity index (χ2v) is 19.5. The van der Waals surface area contributed by atoms with E-state index in [1.165, 1.54) is 51.4 Å². The van der Waals surface area contributed by atoms with Crippen LogP contribution in [-0.4, -0.2) is 22.6 Å². The number of rotatable bonds is 2. The van der Waals surface area contributed by atoms with Crippen LogP contribution in [-0.2, 0) is 0 Å². The van der Waals surface area contributed by atoms with Crippen molar-refractivity contribution in [3.8, 4) is 0 Å². The topological polar surface area (TPSA) is 0 Å². The van der Waals surface area contributed by atoms with Crippen LogP contribution in [0.2, 0.25) is 0 Å². The van der Waals surface area contributed by atoms with E-state index in [4.69, 9.17) is 13.3 Å². The summed E-state index contributed by atoms with van der Waals surface area (Å²) in [5.41, 5.74) is 3.17. The maximum Gasteiger partial charge on any atom is 0.104 e. The summed E-state index contributed by atoms with van der Waals surface area (Å²) in [7, 11) is -2.90. The minimum atomic E-state index is -1.45. The van der Waals surface area contributed by atoms with Gasteiger partial charge in [-0.25, -0.2) is 0 Å². The smallest absolute Gasteiger partial charge is 0.104 e. The third kappa shape index (κ3) is 2.84. The highest BCUT2D eigenvalue weighted by Gasteiger charge is 2.61. The van der Waals surface area contributed by atoms with E-state index in [9.17, 15) is 0 Å². The first-order chi connectivity index (χ1) is 14.3. The van der Waals surface area contributed by atoms with Gasteiger partial charge in [-0.3, -0.25) is 0 Å². The fraction of sp³-hybridized carbons (Fsp3) is 0.714. The van der Waals surface area contributed by atoms with Crippen LogP contribution in [0.15, 0.2) is 24.3 Å². The molecule has 1 aromatic rings. The maximum absolute atomic E-state index is 5.23. The van der Waals surface area contributed by atoms with Gasteiger partial charge in [0.05, 0.1) is 0 Å². The van der Waals surface area contributed by atoms with E-state index < -0.39 is 14.5 Å². The molecule has 2 saturated heterocycles. The normalized spacial score (nSPS) is 44.5. The Kier molecular flexibility index (Phi) is 5.72. The summed E-state index contributed by atoms with van der Waals surface area (Å²) in [6.07, 6.45) is 11.6. The van der Waals surface area contributed by atoms with Crippen molar-refractivity contribution in [1.29, 1.82) is 0 Å². The monoisotopic (exact) mass is 442 g/mol. The minimum Gasteiger partial charge on any atom is -0.174 e. The zero-order valence-corrected chi connectivity index (χ0v) is 21.7. The Hall–Kier alpha value is 0.0800. The molecule has 0 aromatic heterocycles.